The SMILES string of the molecule is OC(CNCCN1CCOCC1)COCC1CCCO1. The van der Waals surface area contributed by atoms with E-state index in [0.717, 1.165) is 58.8 Å². The number of hydrogen-bond donors (Lipinski definition) is 2. The van der Waals surface area contributed by atoms with Crippen molar-refractivity contribution in [2.24, 2.45) is 0 Å². The van der Waals surface area contributed by atoms with Crippen LogP contribution in [0.25, 0.3) is 0 Å². The molecule has 2 fully saturated rings. The van der Waals surface area contributed by atoms with E-state index in [1.807, 2.05) is 0 Å². The molecule has 2 N–H and O–H groups in total. The van der Waals surface area contributed by atoms with Crippen LogP contribution in [0.15, 0.2) is 0 Å². The lowest BCUT2D eigenvalue weighted by atomic mass is 10.2. The minimum absolute atomic E-state index is 0.233. The van der Waals surface area contributed by atoms with Crippen molar-refractivity contribution in [3.8, 4) is 0 Å². The van der Waals surface area contributed by atoms with Crippen molar-refractivity contribution in [1.82, 2.24) is 10.2 Å². The van der Waals surface area contributed by atoms with Crippen LogP contribution in [0.3, 0.4) is 0 Å². The molecule has 2 atom stereocenters. The van der Waals surface area contributed by atoms with Gasteiger partial charge in [0.15, 0.2) is 0 Å². The Balaban J connectivity index is 1.40. The van der Waals surface area contributed by atoms with Crippen molar-refractivity contribution in [3.63, 3.8) is 0 Å². The summed E-state index contributed by atoms with van der Waals surface area (Å²) in [6.07, 6.45) is 1.99. The average molecular weight is 288 g/mol. The highest BCUT2D eigenvalue weighted by Gasteiger charge is 2.16. The van der Waals surface area contributed by atoms with Crippen molar-refractivity contribution in [1.29, 1.82) is 0 Å². The normalized spacial score (nSPS) is 25.9. The van der Waals surface area contributed by atoms with Crippen LogP contribution in [0, 0.1) is 0 Å². The van der Waals surface area contributed by atoms with Crippen molar-refractivity contribution in [2.45, 2.75) is 25.0 Å². The van der Waals surface area contributed by atoms with E-state index in [1.165, 1.54) is 0 Å². The number of aliphatic hydroxyl groups excluding tert-OH is 1. The summed E-state index contributed by atoms with van der Waals surface area (Å²) in [6, 6.07) is 0. The molecule has 0 aromatic carbocycles. The van der Waals surface area contributed by atoms with Gasteiger partial charge in [0.1, 0.15) is 0 Å². The molecule has 0 amide bonds. The second-order valence-corrected chi connectivity index (χ2v) is 5.48. The quantitative estimate of drug-likeness (QED) is 0.556. The molecule has 2 unspecified atom stereocenters. The van der Waals surface area contributed by atoms with Gasteiger partial charge in [-0.15, -0.1) is 0 Å². The van der Waals surface area contributed by atoms with E-state index in [2.05, 4.69) is 10.2 Å². The molecule has 0 radical (unpaired) electrons. The van der Waals surface area contributed by atoms with Crippen LogP contribution < -0.4 is 5.32 Å². The minimum atomic E-state index is -0.443. The largest absolute Gasteiger partial charge is 0.389 e. The van der Waals surface area contributed by atoms with Gasteiger partial charge in [0, 0.05) is 39.3 Å². The zero-order valence-corrected chi connectivity index (χ0v) is 12.3. The number of nitrogens with zero attached hydrogens (tertiary/aromatic N) is 1. The molecule has 2 rings (SSSR count). The van der Waals surface area contributed by atoms with Crippen LogP contribution in [0.2, 0.25) is 0 Å². The molecule has 0 aliphatic carbocycles. The highest BCUT2D eigenvalue weighted by molar-refractivity contribution is 4.66. The number of nitrogens with one attached hydrogen (secondary N) is 1. The second kappa shape index (κ2) is 9.65. The number of rotatable bonds is 9. The molecular formula is C14H28N2O4. The number of morpholine rings is 1. The average Bonchev–Trinajstić information content (AvgIpc) is 2.98. The summed E-state index contributed by atoms with van der Waals surface area (Å²) in [4.78, 5) is 2.37. The Morgan fingerprint density at radius 2 is 2.15 bits per heavy atom. The van der Waals surface area contributed by atoms with E-state index in [-0.39, 0.29) is 6.10 Å². The predicted molar refractivity (Wildman–Crippen MR) is 75.9 cm³/mol. The summed E-state index contributed by atoms with van der Waals surface area (Å²) in [5, 5.41) is 13.1. The van der Waals surface area contributed by atoms with Crippen molar-refractivity contribution in [3.05, 3.63) is 0 Å². The van der Waals surface area contributed by atoms with E-state index in [4.69, 9.17) is 14.2 Å². The lowest BCUT2D eigenvalue weighted by molar-refractivity contribution is -0.0166. The number of hydrogen-bond acceptors (Lipinski definition) is 6. The maximum Gasteiger partial charge on any atom is 0.0897 e. The maximum atomic E-state index is 9.80. The summed E-state index contributed by atoms with van der Waals surface area (Å²) in [6.45, 7) is 7.99. The Morgan fingerprint density at radius 1 is 1.30 bits per heavy atom. The van der Waals surface area contributed by atoms with E-state index in [0.29, 0.717) is 19.8 Å². The summed E-state index contributed by atoms with van der Waals surface area (Å²) >= 11 is 0. The van der Waals surface area contributed by atoms with E-state index >= 15 is 0 Å². The third-order valence-corrected chi connectivity index (χ3v) is 3.73. The van der Waals surface area contributed by atoms with Gasteiger partial charge in [-0.3, -0.25) is 4.90 Å². The third-order valence-electron chi connectivity index (χ3n) is 3.73. The van der Waals surface area contributed by atoms with E-state index in [1.54, 1.807) is 0 Å². The zero-order chi connectivity index (χ0) is 14.0. The first kappa shape index (κ1) is 16.1. The van der Waals surface area contributed by atoms with Gasteiger partial charge < -0.3 is 24.6 Å². The number of aliphatic hydroxyl groups is 1. The Labute approximate surface area is 121 Å². The van der Waals surface area contributed by atoms with Crippen LogP contribution in [-0.4, -0.2) is 88.0 Å². The Hall–Kier alpha value is -0.240. The number of ether oxygens (including phenoxy) is 3. The summed E-state index contributed by atoms with van der Waals surface area (Å²) in [5.41, 5.74) is 0. The van der Waals surface area contributed by atoms with Crippen molar-refractivity contribution >= 4 is 0 Å². The molecule has 0 saturated carbocycles. The first-order chi connectivity index (χ1) is 9.84. The fraction of sp³-hybridized carbons (Fsp3) is 1.00. The molecule has 20 heavy (non-hydrogen) atoms. The van der Waals surface area contributed by atoms with Crippen LogP contribution in [0.5, 0.6) is 0 Å². The topological polar surface area (TPSA) is 63.2 Å². The molecule has 0 spiro atoms. The Kier molecular flexibility index (Phi) is 7.79. The second-order valence-electron chi connectivity index (χ2n) is 5.48. The van der Waals surface area contributed by atoms with Crippen molar-refractivity contribution < 1.29 is 19.3 Å². The minimum Gasteiger partial charge on any atom is -0.389 e. The summed E-state index contributed by atoms with van der Waals surface area (Å²) in [7, 11) is 0. The van der Waals surface area contributed by atoms with Gasteiger partial charge in [-0.2, -0.15) is 0 Å². The van der Waals surface area contributed by atoms with Gasteiger partial charge in [0.25, 0.3) is 0 Å². The van der Waals surface area contributed by atoms with Gasteiger partial charge in [-0.25, -0.2) is 0 Å². The molecule has 0 aromatic rings. The lowest BCUT2D eigenvalue weighted by Crippen LogP contribution is -2.41. The van der Waals surface area contributed by atoms with Crippen LogP contribution >= 0.6 is 0 Å². The fourth-order valence-corrected chi connectivity index (χ4v) is 2.50. The molecular weight excluding hydrogens is 260 g/mol. The lowest BCUT2D eigenvalue weighted by Gasteiger charge is -2.26. The first-order valence-corrected chi connectivity index (χ1v) is 7.73. The highest BCUT2D eigenvalue weighted by atomic mass is 16.5. The van der Waals surface area contributed by atoms with Crippen LogP contribution in [-0.2, 0) is 14.2 Å². The standard InChI is InChI=1S/C14H28N2O4/c17-13(11-19-12-14-2-1-7-20-14)10-15-3-4-16-5-8-18-9-6-16/h13-15,17H,1-12H2. The van der Waals surface area contributed by atoms with Gasteiger partial charge in [-0.05, 0) is 12.8 Å². The summed E-state index contributed by atoms with van der Waals surface area (Å²) in [5.74, 6) is 0. The fourth-order valence-electron chi connectivity index (χ4n) is 2.50. The molecule has 2 aliphatic rings. The molecule has 6 nitrogen and oxygen atoms in total. The zero-order valence-electron chi connectivity index (χ0n) is 12.3. The molecule has 0 bridgehead atoms. The molecule has 6 heteroatoms. The molecule has 2 saturated heterocycles. The third kappa shape index (κ3) is 6.47. The van der Waals surface area contributed by atoms with Crippen LogP contribution in [0.1, 0.15) is 12.8 Å². The van der Waals surface area contributed by atoms with Gasteiger partial charge in [0.05, 0.1) is 38.6 Å². The van der Waals surface area contributed by atoms with E-state index < -0.39 is 6.10 Å². The van der Waals surface area contributed by atoms with E-state index in [9.17, 15) is 5.11 Å². The Bertz CT molecular complexity index is 243. The Morgan fingerprint density at radius 3 is 2.90 bits per heavy atom. The molecule has 0 aromatic heterocycles. The first-order valence-electron chi connectivity index (χ1n) is 7.73. The molecule has 2 heterocycles. The monoisotopic (exact) mass is 288 g/mol. The smallest absolute Gasteiger partial charge is 0.0897 e. The van der Waals surface area contributed by atoms with Gasteiger partial charge in [-0.1, -0.05) is 0 Å². The highest BCUT2D eigenvalue weighted by Crippen LogP contribution is 2.11. The predicted octanol–water partition coefficient (Wildman–Crippen LogP) is -0.535. The summed E-state index contributed by atoms with van der Waals surface area (Å²) < 4.78 is 16.2. The van der Waals surface area contributed by atoms with Crippen molar-refractivity contribution in [2.75, 3.05) is 65.8 Å². The van der Waals surface area contributed by atoms with Gasteiger partial charge in [0.2, 0.25) is 0 Å². The van der Waals surface area contributed by atoms with Gasteiger partial charge >= 0.3 is 0 Å². The van der Waals surface area contributed by atoms with Crippen LogP contribution in [0.4, 0.5) is 0 Å². The molecule has 2 aliphatic heterocycles. The maximum absolute atomic E-state index is 9.80. The molecule has 118 valence electrons.